The second kappa shape index (κ2) is 11.1. The Morgan fingerprint density at radius 2 is 1.06 bits per heavy atom. The van der Waals surface area contributed by atoms with Crippen molar-refractivity contribution in [2.24, 2.45) is 0 Å². The van der Waals surface area contributed by atoms with Gasteiger partial charge in [-0.15, -0.1) is 22.7 Å². The maximum absolute atomic E-state index is 12.0. The Morgan fingerprint density at radius 3 is 1.42 bits per heavy atom. The van der Waals surface area contributed by atoms with Gasteiger partial charge in [-0.3, -0.25) is 9.59 Å². The summed E-state index contributed by atoms with van der Waals surface area (Å²) in [7, 11) is 0. The van der Waals surface area contributed by atoms with Crippen molar-refractivity contribution in [1.29, 1.82) is 0 Å². The molecule has 0 aliphatic heterocycles. The van der Waals surface area contributed by atoms with E-state index in [2.05, 4.69) is 10.6 Å². The fourth-order valence-corrected chi connectivity index (χ4v) is 4.04. The maximum atomic E-state index is 12.0. The highest BCUT2D eigenvalue weighted by Gasteiger charge is 2.03. The number of benzene rings is 2. The van der Waals surface area contributed by atoms with Crippen LogP contribution in [-0.4, -0.2) is 11.8 Å². The van der Waals surface area contributed by atoms with Gasteiger partial charge in [0.1, 0.15) is 11.5 Å². The first-order valence-corrected chi connectivity index (χ1v) is 11.8. The molecule has 0 unspecified atom stereocenters. The first-order chi connectivity index (χ1) is 16.1. The summed E-state index contributed by atoms with van der Waals surface area (Å²) in [6.45, 7) is 0. The monoisotopic (exact) mass is 472 g/mol. The maximum Gasteiger partial charge on any atom is 0.248 e. The van der Waals surface area contributed by atoms with Crippen LogP contribution in [0.15, 0.2) is 95.7 Å². The van der Waals surface area contributed by atoms with Gasteiger partial charge in [0, 0.05) is 33.3 Å². The van der Waals surface area contributed by atoms with Crippen molar-refractivity contribution in [3.63, 3.8) is 0 Å². The SMILES string of the molecule is O=C(/C=C/c1cccs1)Nc1ccc(Oc2ccc(NC(=O)/C=C/c3cccs3)cc2)cc1. The number of carbonyl (C=O) groups is 2. The largest absolute Gasteiger partial charge is 0.457 e. The molecule has 2 amide bonds. The molecule has 2 N–H and O–H groups in total. The van der Waals surface area contributed by atoms with Gasteiger partial charge in [-0.2, -0.15) is 0 Å². The minimum absolute atomic E-state index is 0.195. The van der Waals surface area contributed by atoms with Crippen LogP contribution in [0.3, 0.4) is 0 Å². The van der Waals surface area contributed by atoms with Crippen LogP contribution in [0.4, 0.5) is 11.4 Å². The fourth-order valence-electron chi connectivity index (χ4n) is 2.80. The average molecular weight is 473 g/mol. The smallest absolute Gasteiger partial charge is 0.248 e. The molecule has 2 aromatic heterocycles. The number of hydrogen-bond acceptors (Lipinski definition) is 5. The topological polar surface area (TPSA) is 67.4 Å². The molecular formula is C26H20N2O3S2. The van der Waals surface area contributed by atoms with Crippen LogP contribution in [0.5, 0.6) is 11.5 Å². The first kappa shape index (κ1) is 22.3. The molecule has 0 saturated carbocycles. The van der Waals surface area contributed by atoms with E-state index in [-0.39, 0.29) is 11.8 Å². The number of rotatable bonds is 8. The molecule has 0 aliphatic carbocycles. The van der Waals surface area contributed by atoms with E-state index in [4.69, 9.17) is 4.74 Å². The molecule has 0 atom stereocenters. The van der Waals surface area contributed by atoms with E-state index in [1.807, 2.05) is 35.0 Å². The summed E-state index contributed by atoms with van der Waals surface area (Å²) in [5.41, 5.74) is 1.36. The van der Waals surface area contributed by atoms with Gasteiger partial charge in [0.2, 0.25) is 11.8 Å². The Labute approximate surface area is 199 Å². The fraction of sp³-hybridized carbons (Fsp3) is 0. The number of ether oxygens (including phenoxy) is 1. The molecule has 2 heterocycles. The zero-order valence-electron chi connectivity index (χ0n) is 17.4. The summed E-state index contributed by atoms with van der Waals surface area (Å²) in [4.78, 5) is 26.1. The van der Waals surface area contributed by atoms with Crippen LogP contribution in [0.1, 0.15) is 9.75 Å². The van der Waals surface area contributed by atoms with Gasteiger partial charge < -0.3 is 15.4 Å². The predicted octanol–water partition coefficient (Wildman–Crippen LogP) is 6.91. The average Bonchev–Trinajstić information content (AvgIpc) is 3.53. The van der Waals surface area contributed by atoms with Crippen LogP contribution in [0.25, 0.3) is 12.2 Å². The highest BCUT2D eigenvalue weighted by Crippen LogP contribution is 2.24. The lowest BCUT2D eigenvalue weighted by Gasteiger charge is -2.08. The van der Waals surface area contributed by atoms with Crippen molar-refractivity contribution in [3.8, 4) is 11.5 Å². The Hall–Kier alpha value is -3.94. The standard InChI is InChI=1S/C26H20N2O3S2/c29-25(15-13-23-3-1-17-32-23)27-19-5-9-21(10-6-19)31-22-11-7-20(8-12-22)28-26(30)16-14-24-4-2-18-33-24/h1-18H,(H,27,29)(H,28,30)/b15-13+,16-14+. The van der Waals surface area contributed by atoms with E-state index >= 15 is 0 Å². The minimum atomic E-state index is -0.195. The van der Waals surface area contributed by atoms with Crippen LogP contribution in [0.2, 0.25) is 0 Å². The Balaban J connectivity index is 1.27. The first-order valence-electron chi connectivity index (χ1n) is 10.1. The molecule has 33 heavy (non-hydrogen) atoms. The number of thiophene rings is 2. The molecular weight excluding hydrogens is 452 g/mol. The summed E-state index contributed by atoms with van der Waals surface area (Å²) >= 11 is 3.15. The zero-order valence-corrected chi connectivity index (χ0v) is 19.1. The van der Waals surface area contributed by atoms with E-state index in [1.54, 1.807) is 83.4 Å². The molecule has 4 aromatic rings. The highest BCUT2D eigenvalue weighted by molar-refractivity contribution is 7.11. The Bertz CT molecular complexity index is 1140. The molecule has 2 aromatic carbocycles. The number of nitrogens with one attached hydrogen (secondary N) is 2. The van der Waals surface area contributed by atoms with Gasteiger partial charge in [-0.05, 0) is 83.6 Å². The van der Waals surface area contributed by atoms with E-state index < -0.39 is 0 Å². The van der Waals surface area contributed by atoms with Crippen molar-refractivity contribution >= 4 is 58.0 Å². The third-order valence-corrected chi connectivity index (χ3v) is 6.04. The molecule has 164 valence electrons. The molecule has 0 bridgehead atoms. The second-order valence-electron chi connectivity index (χ2n) is 6.83. The highest BCUT2D eigenvalue weighted by atomic mass is 32.1. The van der Waals surface area contributed by atoms with E-state index in [1.165, 1.54) is 12.2 Å². The van der Waals surface area contributed by atoms with Crippen molar-refractivity contribution < 1.29 is 14.3 Å². The lowest BCUT2D eigenvalue weighted by atomic mass is 10.2. The third kappa shape index (κ3) is 7.03. The Kier molecular flexibility index (Phi) is 7.48. The lowest BCUT2D eigenvalue weighted by molar-refractivity contribution is -0.112. The second-order valence-corrected chi connectivity index (χ2v) is 8.79. The quantitative estimate of drug-likeness (QED) is 0.274. The van der Waals surface area contributed by atoms with Gasteiger partial charge >= 0.3 is 0 Å². The summed E-state index contributed by atoms with van der Waals surface area (Å²) in [6.07, 6.45) is 6.58. The number of anilines is 2. The minimum Gasteiger partial charge on any atom is -0.457 e. The summed E-state index contributed by atoms with van der Waals surface area (Å²) in [5.74, 6) is 0.885. The van der Waals surface area contributed by atoms with Crippen LogP contribution < -0.4 is 15.4 Å². The zero-order chi connectivity index (χ0) is 22.9. The summed E-state index contributed by atoms with van der Waals surface area (Å²) in [5, 5.41) is 9.56. The molecule has 4 rings (SSSR count). The number of carbonyl (C=O) groups excluding carboxylic acids is 2. The summed E-state index contributed by atoms with van der Waals surface area (Å²) in [6, 6.07) is 22.0. The molecule has 0 spiro atoms. The van der Waals surface area contributed by atoms with Crippen molar-refractivity contribution in [3.05, 3.63) is 105 Å². The Morgan fingerprint density at radius 1 is 0.636 bits per heavy atom. The predicted molar refractivity (Wildman–Crippen MR) is 137 cm³/mol. The summed E-state index contributed by atoms with van der Waals surface area (Å²) < 4.78 is 5.84. The third-order valence-electron chi connectivity index (χ3n) is 4.36. The number of hydrogen-bond donors (Lipinski definition) is 2. The van der Waals surface area contributed by atoms with Crippen LogP contribution in [0, 0.1) is 0 Å². The molecule has 0 fully saturated rings. The van der Waals surface area contributed by atoms with E-state index in [0.717, 1.165) is 9.75 Å². The number of amides is 2. The van der Waals surface area contributed by atoms with Crippen molar-refractivity contribution in [2.75, 3.05) is 10.6 Å². The van der Waals surface area contributed by atoms with Gasteiger partial charge in [0.05, 0.1) is 0 Å². The van der Waals surface area contributed by atoms with Gasteiger partial charge in [0.15, 0.2) is 0 Å². The van der Waals surface area contributed by atoms with Crippen molar-refractivity contribution in [1.82, 2.24) is 0 Å². The molecule has 5 nitrogen and oxygen atoms in total. The molecule has 0 saturated heterocycles. The van der Waals surface area contributed by atoms with E-state index in [0.29, 0.717) is 22.9 Å². The van der Waals surface area contributed by atoms with Gasteiger partial charge in [-0.25, -0.2) is 0 Å². The molecule has 0 aliphatic rings. The molecule has 0 radical (unpaired) electrons. The van der Waals surface area contributed by atoms with Crippen LogP contribution >= 0.6 is 22.7 Å². The lowest BCUT2D eigenvalue weighted by Crippen LogP contribution is -2.07. The van der Waals surface area contributed by atoms with Crippen LogP contribution in [-0.2, 0) is 9.59 Å². The van der Waals surface area contributed by atoms with E-state index in [9.17, 15) is 9.59 Å². The van der Waals surface area contributed by atoms with Gasteiger partial charge in [0.25, 0.3) is 0 Å². The van der Waals surface area contributed by atoms with Crippen molar-refractivity contribution in [2.45, 2.75) is 0 Å². The molecule has 7 heteroatoms. The normalized spacial score (nSPS) is 11.0. The van der Waals surface area contributed by atoms with Gasteiger partial charge in [-0.1, -0.05) is 12.1 Å².